The van der Waals surface area contributed by atoms with Crippen molar-refractivity contribution < 1.29 is 4.79 Å². The van der Waals surface area contributed by atoms with Gasteiger partial charge in [-0.3, -0.25) is 0 Å². The average Bonchev–Trinajstić information content (AvgIpc) is 3.48. The fourth-order valence-electron chi connectivity index (χ4n) is 4.06. The molecule has 0 atom stereocenters. The third-order valence-electron chi connectivity index (χ3n) is 5.57. The van der Waals surface area contributed by atoms with Crippen molar-refractivity contribution in [3.05, 3.63) is 54.9 Å². The molecule has 0 unspecified atom stereocenters. The predicted molar refractivity (Wildman–Crippen MR) is 118 cm³/mol. The summed E-state index contributed by atoms with van der Waals surface area (Å²) in [4.78, 5) is 28.6. The second kappa shape index (κ2) is 8.02. The fourth-order valence-corrected chi connectivity index (χ4v) is 4.06. The number of carbonyl (C=O) groups is 1. The van der Waals surface area contributed by atoms with Crippen molar-refractivity contribution in [2.24, 2.45) is 0 Å². The number of anilines is 1. The molecule has 0 aliphatic heterocycles. The van der Waals surface area contributed by atoms with E-state index in [1.165, 1.54) is 19.3 Å². The normalized spacial score (nSPS) is 14.7. The zero-order valence-corrected chi connectivity index (χ0v) is 16.6. The SMILES string of the molecule is O=C(Nc1ccc2nc(-c3ccc[nH]3)c(-c3ccc[nH]3)nc2c1)NC1CCCCC1. The van der Waals surface area contributed by atoms with Crippen LogP contribution in [0.4, 0.5) is 10.5 Å². The van der Waals surface area contributed by atoms with Crippen molar-refractivity contribution in [3.8, 4) is 22.8 Å². The van der Waals surface area contributed by atoms with Gasteiger partial charge in [-0.1, -0.05) is 19.3 Å². The van der Waals surface area contributed by atoms with E-state index in [9.17, 15) is 4.79 Å². The minimum atomic E-state index is -0.165. The number of fused-ring (bicyclic) bond motifs is 1. The number of carbonyl (C=O) groups excluding carboxylic acids is 1. The number of H-pyrrole nitrogens is 2. The summed E-state index contributed by atoms with van der Waals surface area (Å²) in [5, 5.41) is 6.03. The number of hydrogen-bond acceptors (Lipinski definition) is 3. The van der Waals surface area contributed by atoms with Gasteiger partial charge in [0.1, 0.15) is 11.4 Å². The van der Waals surface area contributed by atoms with Gasteiger partial charge in [0.05, 0.1) is 22.4 Å². The van der Waals surface area contributed by atoms with Crippen molar-refractivity contribution in [2.45, 2.75) is 38.1 Å². The number of amides is 2. The van der Waals surface area contributed by atoms with Crippen molar-refractivity contribution in [2.75, 3.05) is 5.32 Å². The van der Waals surface area contributed by atoms with Crippen LogP contribution in [0.15, 0.2) is 54.9 Å². The van der Waals surface area contributed by atoms with E-state index in [4.69, 9.17) is 9.97 Å². The zero-order valence-electron chi connectivity index (χ0n) is 16.6. The van der Waals surface area contributed by atoms with E-state index in [0.29, 0.717) is 5.69 Å². The molecule has 1 fully saturated rings. The molecule has 1 aliphatic rings. The molecule has 30 heavy (non-hydrogen) atoms. The molecule has 152 valence electrons. The first-order chi connectivity index (χ1) is 14.8. The summed E-state index contributed by atoms with van der Waals surface area (Å²) in [5.74, 6) is 0. The van der Waals surface area contributed by atoms with Crippen LogP contribution in [0.25, 0.3) is 33.8 Å². The van der Waals surface area contributed by atoms with Crippen LogP contribution >= 0.6 is 0 Å². The molecule has 0 saturated heterocycles. The Bertz CT molecular complexity index is 1140. The Morgan fingerprint density at radius 2 is 1.53 bits per heavy atom. The Morgan fingerprint density at radius 3 is 2.17 bits per heavy atom. The monoisotopic (exact) mass is 400 g/mol. The molecule has 0 radical (unpaired) electrons. The van der Waals surface area contributed by atoms with Gasteiger partial charge in [-0.2, -0.15) is 0 Å². The summed E-state index contributed by atoms with van der Waals surface area (Å²) in [6.45, 7) is 0. The van der Waals surface area contributed by atoms with Crippen LogP contribution in [0.1, 0.15) is 32.1 Å². The van der Waals surface area contributed by atoms with Crippen LogP contribution in [0, 0.1) is 0 Å². The molecule has 4 N–H and O–H groups in total. The Balaban J connectivity index is 1.45. The van der Waals surface area contributed by atoms with Gasteiger partial charge >= 0.3 is 6.03 Å². The minimum absolute atomic E-state index is 0.165. The van der Waals surface area contributed by atoms with Crippen LogP contribution < -0.4 is 10.6 Å². The number of hydrogen-bond donors (Lipinski definition) is 4. The highest BCUT2D eigenvalue weighted by atomic mass is 16.2. The molecule has 2 amide bonds. The van der Waals surface area contributed by atoms with Crippen LogP contribution in [0.3, 0.4) is 0 Å². The van der Waals surface area contributed by atoms with Gasteiger partial charge in [-0.15, -0.1) is 0 Å². The second-order valence-corrected chi connectivity index (χ2v) is 7.73. The van der Waals surface area contributed by atoms with E-state index in [0.717, 1.165) is 46.7 Å². The van der Waals surface area contributed by atoms with Gasteiger partial charge < -0.3 is 20.6 Å². The van der Waals surface area contributed by atoms with Gasteiger partial charge in [-0.05, 0) is 55.3 Å². The highest BCUT2D eigenvalue weighted by Crippen LogP contribution is 2.30. The number of nitrogens with one attached hydrogen (secondary N) is 4. The van der Waals surface area contributed by atoms with Crippen LogP contribution in [-0.2, 0) is 0 Å². The van der Waals surface area contributed by atoms with Crippen LogP contribution in [-0.4, -0.2) is 32.0 Å². The Kier molecular flexibility index (Phi) is 4.93. The molecular formula is C23H24N6O. The van der Waals surface area contributed by atoms with Gasteiger partial charge in [-0.25, -0.2) is 14.8 Å². The van der Waals surface area contributed by atoms with Crippen LogP contribution in [0.2, 0.25) is 0 Å². The van der Waals surface area contributed by atoms with Gasteiger partial charge in [0.15, 0.2) is 0 Å². The topological polar surface area (TPSA) is 98.5 Å². The maximum atomic E-state index is 12.4. The Hall–Kier alpha value is -3.61. The summed E-state index contributed by atoms with van der Waals surface area (Å²) in [6, 6.07) is 13.6. The highest BCUT2D eigenvalue weighted by molar-refractivity contribution is 5.93. The second-order valence-electron chi connectivity index (χ2n) is 7.73. The lowest BCUT2D eigenvalue weighted by Gasteiger charge is -2.22. The first-order valence-electron chi connectivity index (χ1n) is 10.4. The molecule has 1 saturated carbocycles. The molecule has 7 heteroatoms. The lowest BCUT2D eigenvalue weighted by molar-refractivity contribution is 0.244. The maximum Gasteiger partial charge on any atom is 0.319 e. The van der Waals surface area contributed by atoms with E-state index in [1.807, 2.05) is 54.9 Å². The summed E-state index contributed by atoms with van der Waals surface area (Å²) >= 11 is 0. The minimum Gasteiger partial charge on any atom is -0.360 e. The van der Waals surface area contributed by atoms with Crippen molar-refractivity contribution >= 4 is 22.8 Å². The molecule has 1 aliphatic carbocycles. The standard InChI is InChI=1S/C23H24N6O/c30-23(26-15-6-2-1-3-7-15)27-16-10-11-17-20(14-16)29-22(19-9-5-13-25-19)21(28-17)18-8-4-12-24-18/h4-5,8-15,24-25H,1-3,6-7H2,(H2,26,27,30). The van der Waals surface area contributed by atoms with Gasteiger partial charge in [0, 0.05) is 24.1 Å². The third-order valence-corrected chi connectivity index (χ3v) is 5.57. The number of benzene rings is 1. The average molecular weight is 400 g/mol. The summed E-state index contributed by atoms with van der Waals surface area (Å²) in [5.41, 5.74) is 5.55. The molecule has 4 aromatic rings. The van der Waals surface area contributed by atoms with E-state index >= 15 is 0 Å². The number of aromatic amines is 2. The molecule has 3 heterocycles. The maximum absolute atomic E-state index is 12.4. The summed E-state index contributed by atoms with van der Waals surface area (Å²) in [6.07, 6.45) is 9.47. The summed E-state index contributed by atoms with van der Waals surface area (Å²) in [7, 11) is 0. The van der Waals surface area contributed by atoms with E-state index in [1.54, 1.807) is 0 Å². The molecule has 1 aromatic carbocycles. The molecule has 0 bridgehead atoms. The van der Waals surface area contributed by atoms with E-state index < -0.39 is 0 Å². The highest BCUT2D eigenvalue weighted by Gasteiger charge is 2.17. The largest absolute Gasteiger partial charge is 0.360 e. The number of nitrogens with zero attached hydrogens (tertiary/aromatic N) is 2. The lowest BCUT2D eigenvalue weighted by atomic mass is 9.96. The van der Waals surface area contributed by atoms with Crippen molar-refractivity contribution in [3.63, 3.8) is 0 Å². The van der Waals surface area contributed by atoms with Crippen LogP contribution in [0.5, 0.6) is 0 Å². The lowest BCUT2D eigenvalue weighted by Crippen LogP contribution is -2.39. The number of aromatic nitrogens is 4. The van der Waals surface area contributed by atoms with Crippen molar-refractivity contribution in [1.82, 2.24) is 25.3 Å². The Morgan fingerprint density at radius 1 is 0.867 bits per heavy atom. The molecule has 0 spiro atoms. The number of urea groups is 1. The quantitative estimate of drug-likeness (QED) is 0.385. The first-order valence-corrected chi connectivity index (χ1v) is 10.4. The summed E-state index contributed by atoms with van der Waals surface area (Å²) < 4.78 is 0. The molecular weight excluding hydrogens is 376 g/mol. The number of rotatable bonds is 4. The van der Waals surface area contributed by atoms with Gasteiger partial charge in [0.2, 0.25) is 0 Å². The van der Waals surface area contributed by atoms with Gasteiger partial charge in [0.25, 0.3) is 0 Å². The molecule has 5 rings (SSSR count). The Labute approximate surface area is 174 Å². The zero-order chi connectivity index (χ0) is 20.3. The van der Waals surface area contributed by atoms with E-state index in [2.05, 4.69) is 20.6 Å². The van der Waals surface area contributed by atoms with Crippen molar-refractivity contribution in [1.29, 1.82) is 0 Å². The van der Waals surface area contributed by atoms with E-state index in [-0.39, 0.29) is 12.1 Å². The third kappa shape index (κ3) is 3.78. The first kappa shape index (κ1) is 18.4. The fraction of sp³-hybridized carbons (Fsp3) is 0.261. The molecule has 7 nitrogen and oxygen atoms in total. The smallest absolute Gasteiger partial charge is 0.319 e. The molecule has 3 aromatic heterocycles. The predicted octanol–water partition coefficient (Wildman–Crippen LogP) is 5.07.